The Hall–Kier alpha value is -2.50. The zero-order valence-corrected chi connectivity index (χ0v) is 15.5. The van der Waals surface area contributed by atoms with E-state index in [0.717, 1.165) is 16.5 Å². The highest BCUT2D eigenvalue weighted by Gasteiger charge is 2.18. The zero-order valence-electron chi connectivity index (χ0n) is 14.7. The summed E-state index contributed by atoms with van der Waals surface area (Å²) in [5.41, 5.74) is 6.11. The fraction of sp³-hybridized carbons (Fsp3) is 0.174. The first-order chi connectivity index (χ1) is 12.1. The number of rotatable bonds is 1. The molecule has 1 aliphatic rings. The highest BCUT2D eigenvalue weighted by molar-refractivity contribution is 8.08. The predicted molar refractivity (Wildman–Crippen MR) is 108 cm³/mol. The lowest BCUT2D eigenvalue weighted by atomic mass is 9.96. The van der Waals surface area contributed by atoms with E-state index in [1.807, 2.05) is 0 Å². The SMILES string of the molecule is Cc1cc(C)c(C2=c3ccc4ccccc4c3=C(C#N)CS2)c(C)c1. The maximum absolute atomic E-state index is 9.69. The number of nitrogens with zero attached hydrogens (tertiary/aromatic N) is 1. The fourth-order valence-electron chi connectivity index (χ4n) is 3.91. The molecule has 122 valence electrons. The summed E-state index contributed by atoms with van der Waals surface area (Å²) in [5, 5.41) is 14.4. The summed E-state index contributed by atoms with van der Waals surface area (Å²) in [6.07, 6.45) is 0. The lowest BCUT2D eigenvalue weighted by Crippen LogP contribution is -2.33. The van der Waals surface area contributed by atoms with Gasteiger partial charge in [0.2, 0.25) is 0 Å². The Morgan fingerprint density at radius 3 is 2.40 bits per heavy atom. The van der Waals surface area contributed by atoms with E-state index in [2.05, 4.69) is 75.4 Å². The van der Waals surface area contributed by atoms with Crippen molar-refractivity contribution in [3.63, 3.8) is 0 Å². The molecule has 0 aliphatic carbocycles. The highest BCUT2D eigenvalue weighted by atomic mass is 32.2. The van der Waals surface area contributed by atoms with E-state index >= 15 is 0 Å². The molecule has 0 N–H and O–H groups in total. The molecule has 0 amide bonds. The van der Waals surface area contributed by atoms with Gasteiger partial charge in [0.15, 0.2) is 0 Å². The summed E-state index contributed by atoms with van der Waals surface area (Å²) in [6, 6.07) is 19.7. The van der Waals surface area contributed by atoms with Gasteiger partial charge in [0.25, 0.3) is 0 Å². The average Bonchev–Trinajstić information content (AvgIpc) is 2.60. The van der Waals surface area contributed by atoms with Gasteiger partial charge >= 0.3 is 0 Å². The molecule has 0 saturated heterocycles. The Kier molecular flexibility index (Phi) is 3.90. The van der Waals surface area contributed by atoms with Crippen molar-refractivity contribution in [3.05, 3.63) is 81.2 Å². The summed E-state index contributed by atoms with van der Waals surface area (Å²) in [4.78, 5) is 1.30. The topological polar surface area (TPSA) is 23.8 Å². The molecular weight excluding hydrogens is 322 g/mol. The smallest absolute Gasteiger partial charge is 0.0962 e. The van der Waals surface area contributed by atoms with E-state index in [4.69, 9.17) is 0 Å². The van der Waals surface area contributed by atoms with Crippen LogP contribution in [0.5, 0.6) is 0 Å². The minimum Gasteiger partial charge on any atom is -0.193 e. The van der Waals surface area contributed by atoms with Crippen LogP contribution in [0.3, 0.4) is 0 Å². The van der Waals surface area contributed by atoms with Gasteiger partial charge in [-0.25, -0.2) is 0 Å². The van der Waals surface area contributed by atoms with Gasteiger partial charge < -0.3 is 0 Å². The van der Waals surface area contributed by atoms with E-state index in [9.17, 15) is 5.26 Å². The van der Waals surface area contributed by atoms with Crippen LogP contribution in [0.4, 0.5) is 0 Å². The van der Waals surface area contributed by atoms with Crippen LogP contribution in [0.1, 0.15) is 22.3 Å². The molecule has 3 aromatic rings. The van der Waals surface area contributed by atoms with Crippen LogP contribution >= 0.6 is 11.8 Å². The second kappa shape index (κ2) is 6.10. The third kappa shape index (κ3) is 2.56. The third-order valence-electron chi connectivity index (χ3n) is 4.88. The molecule has 0 bridgehead atoms. The Balaban J connectivity index is 2.22. The number of aryl methyl sites for hydroxylation is 3. The minimum atomic E-state index is 0.736. The largest absolute Gasteiger partial charge is 0.193 e. The summed E-state index contributed by atoms with van der Waals surface area (Å²) in [6.45, 7) is 6.52. The number of thioether (sulfide) groups is 1. The number of fused-ring (bicyclic) bond motifs is 3. The van der Waals surface area contributed by atoms with Crippen molar-refractivity contribution in [3.8, 4) is 6.07 Å². The molecule has 2 heteroatoms. The van der Waals surface area contributed by atoms with Gasteiger partial charge in [-0.15, -0.1) is 11.8 Å². The fourth-order valence-corrected chi connectivity index (χ4v) is 5.20. The number of hydrogen-bond acceptors (Lipinski definition) is 2. The van der Waals surface area contributed by atoms with Crippen molar-refractivity contribution in [2.45, 2.75) is 20.8 Å². The Morgan fingerprint density at radius 1 is 0.960 bits per heavy atom. The van der Waals surface area contributed by atoms with E-state index in [1.54, 1.807) is 11.8 Å². The second-order valence-corrected chi connectivity index (χ2v) is 7.68. The quantitative estimate of drug-likeness (QED) is 0.657. The van der Waals surface area contributed by atoms with Crippen LogP contribution in [-0.4, -0.2) is 5.75 Å². The van der Waals surface area contributed by atoms with E-state index in [1.165, 1.54) is 43.2 Å². The summed E-state index contributed by atoms with van der Waals surface area (Å²) < 4.78 is 0. The van der Waals surface area contributed by atoms with Crippen molar-refractivity contribution in [2.24, 2.45) is 0 Å². The number of benzene rings is 3. The molecule has 0 aromatic heterocycles. The maximum Gasteiger partial charge on any atom is 0.0962 e. The van der Waals surface area contributed by atoms with Crippen LogP contribution in [0.2, 0.25) is 0 Å². The predicted octanol–water partition coefficient (Wildman–Crippen LogP) is 4.34. The van der Waals surface area contributed by atoms with Gasteiger partial charge in [0.05, 0.1) is 6.07 Å². The lowest BCUT2D eigenvalue weighted by Gasteiger charge is -2.19. The van der Waals surface area contributed by atoms with Crippen LogP contribution in [0, 0.1) is 32.1 Å². The highest BCUT2D eigenvalue weighted by Crippen LogP contribution is 2.33. The number of nitriles is 1. The van der Waals surface area contributed by atoms with Crippen molar-refractivity contribution in [2.75, 3.05) is 5.75 Å². The standard InChI is InChI=1S/C23H19NS/c1-14-10-15(2)21(16(3)11-14)23-20-9-8-17-6-4-5-7-19(17)22(20)18(12-24)13-25-23/h4-11H,13H2,1-3H3. The van der Waals surface area contributed by atoms with Crippen LogP contribution in [-0.2, 0) is 0 Å². The first-order valence-electron chi connectivity index (χ1n) is 8.46. The molecule has 0 saturated carbocycles. The second-order valence-electron chi connectivity index (χ2n) is 6.69. The van der Waals surface area contributed by atoms with Gasteiger partial charge in [-0.3, -0.25) is 0 Å². The zero-order chi connectivity index (χ0) is 17.6. The third-order valence-corrected chi connectivity index (χ3v) is 6.02. The minimum absolute atomic E-state index is 0.736. The van der Waals surface area contributed by atoms with Gasteiger partial charge in [-0.1, -0.05) is 54.1 Å². The molecule has 25 heavy (non-hydrogen) atoms. The molecule has 0 unspecified atom stereocenters. The molecule has 4 rings (SSSR count). The first-order valence-corrected chi connectivity index (χ1v) is 9.45. The van der Waals surface area contributed by atoms with Gasteiger partial charge in [0, 0.05) is 21.4 Å². The molecule has 1 heterocycles. The van der Waals surface area contributed by atoms with Gasteiger partial charge in [-0.05, 0) is 53.5 Å². The summed E-state index contributed by atoms with van der Waals surface area (Å²) >= 11 is 1.79. The molecule has 0 spiro atoms. The van der Waals surface area contributed by atoms with Crippen molar-refractivity contribution in [1.29, 1.82) is 5.26 Å². The molecule has 0 fully saturated rings. The van der Waals surface area contributed by atoms with Crippen LogP contribution < -0.4 is 10.4 Å². The Bertz CT molecular complexity index is 1160. The number of hydrogen-bond donors (Lipinski definition) is 0. The van der Waals surface area contributed by atoms with Gasteiger partial charge in [-0.2, -0.15) is 5.26 Å². The summed E-state index contributed by atoms with van der Waals surface area (Å²) in [7, 11) is 0. The van der Waals surface area contributed by atoms with Gasteiger partial charge in [0.1, 0.15) is 0 Å². The summed E-state index contributed by atoms with van der Waals surface area (Å²) in [5.74, 6) is 0.736. The molecule has 1 nitrogen and oxygen atoms in total. The monoisotopic (exact) mass is 341 g/mol. The maximum atomic E-state index is 9.69. The van der Waals surface area contributed by atoms with Crippen LogP contribution in [0.25, 0.3) is 21.3 Å². The lowest BCUT2D eigenvalue weighted by molar-refractivity contribution is 1.29. The Labute approximate surface area is 152 Å². The van der Waals surface area contributed by atoms with Crippen molar-refractivity contribution >= 4 is 33.0 Å². The van der Waals surface area contributed by atoms with Crippen LogP contribution in [0.15, 0.2) is 48.5 Å². The normalized spacial score (nSPS) is 13.7. The van der Waals surface area contributed by atoms with E-state index < -0.39 is 0 Å². The van der Waals surface area contributed by atoms with E-state index in [-0.39, 0.29) is 0 Å². The molecule has 1 aliphatic heterocycles. The van der Waals surface area contributed by atoms with Crippen molar-refractivity contribution in [1.82, 2.24) is 0 Å². The Morgan fingerprint density at radius 2 is 1.68 bits per heavy atom. The van der Waals surface area contributed by atoms with Crippen molar-refractivity contribution < 1.29 is 0 Å². The molecular formula is C23H19NS. The average molecular weight is 341 g/mol. The molecule has 0 radical (unpaired) electrons. The molecule has 0 atom stereocenters. The molecule has 3 aromatic carbocycles. The van der Waals surface area contributed by atoms with E-state index in [0.29, 0.717) is 0 Å². The first kappa shape index (κ1) is 16.0.